The van der Waals surface area contributed by atoms with E-state index in [1.165, 1.54) is 23.1 Å². The van der Waals surface area contributed by atoms with Gasteiger partial charge in [0, 0.05) is 12.6 Å². The van der Waals surface area contributed by atoms with Gasteiger partial charge < -0.3 is 9.64 Å². The Bertz CT molecular complexity index is 930. The van der Waals surface area contributed by atoms with Gasteiger partial charge >= 0.3 is 6.03 Å². The summed E-state index contributed by atoms with van der Waals surface area (Å²) in [7, 11) is -3.57. The Hall–Kier alpha value is -2.46. The molecule has 10 heteroatoms. The number of imide groups is 1. The van der Waals surface area contributed by atoms with Gasteiger partial charge in [0.05, 0.1) is 12.4 Å². The van der Waals surface area contributed by atoms with Gasteiger partial charge in [-0.25, -0.2) is 22.3 Å². The summed E-state index contributed by atoms with van der Waals surface area (Å²) in [5.74, 6) is -0.329. The molecular weight excluding hydrogens is 413 g/mol. The average molecular weight is 440 g/mol. The zero-order valence-corrected chi connectivity index (χ0v) is 17.6. The summed E-state index contributed by atoms with van der Waals surface area (Å²) in [6, 6.07) is 3.36. The Labute approximate surface area is 175 Å². The fraction of sp³-hybridized carbons (Fsp3) is 0.500. The molecule has 2 N–H and O–H groups in total. The third-order valence-electron chi connectivity index (χ3n) is 4.90. The van der Waals surface area contributed by atoms with Crippen molar-refractivity contribution in [1.29, 1.82) is 0 Å². The third kappa shape index (κ3) is 6.53. The van der Waals surface area contributed by atoms with Gasteiger partial charge in [0.25, 0.3) is 0 Å². The van der Waals surface area contributed by atoms with Crippen molar-refractivity contribution in [3.63, 3.8) is 0 Å². The molecule has 0 radical (unpaired) electrons. The predicted octanol–water partition coefficient (Wildman–Crippen LogP) is 2.09. The molecule has 1 heterocycles. The topological polar surface area (TPSA) is 105 Å². The maximum atomic E-state index is 13.9. The zero-order chi connectivity index (χ0) is 21.7. The molecule has 1 atom stereocenters. The van der Waals surface area contributed by atoms with Crippen LogP contribution in [0.25, 0.3) is 0 Å². The van der Waals surface area contributed by atoms with E-state index >= 15 is 0 Å². The van der Waals surface area contributed by atoms with Crippen LogP contribution >= 0.6 is 0 Å². The van der Waals surface area contributed by atoms with Gasteiger partial charge in [-0.3, -0.25) is 10.1 Å². The molecule has 2 fully saturated rings. The van der Waals surface area contributed by atoms with Crippen LogP contribution in [0, 0.1) is 11.7 Å². The second-order valence-electron chi connectivity index (χ2n) is 7.60. The molecule has 1 unspecified atom stereocenters. The van der Waals surface area contributed by atoms with Crippen LogP contribution in [0.15, 0.2) is 30.4 Å². The number of amides is 3. The smallest absolute Gasteiger partial charge is 0.324 e. The van der Waals surface area contributed by atoms with Crippen molar-refractivity contribution in [2.45, 2.75) is 32.2 Å². The first-order valence-corrected chi connectivity index (χ1v) is 11.5. The number of sulfonamides is 1. The third-order valence-corrected chi connectivity index (χ3v) is 6.38. The number of carbonyl (C=O) groups is 2. The number of hydrogen-bond acceptors (Lipinski definition) is 5. The molecule has 3 amide bonds. The van der Waals surface area contributed by atoms with Crippen LogP contribution in [0.2, 0.25) is 0 Å². The number of hydrogen-bond donors (Lipinski definition) is 2. The Morgan fingerprint density at radius 2 is 2.10 bits per heavy atom. The molecule has 3 rings (SSSR count). The second kappa shape index (κ2) is 9.57. The van der Waals surface area contributed by atoms with Crippen LogP contribution < -0.4 is 14.8 Å². The van der Waals surface area contributed by atoms with Crippen LogP contribution in [0.3, 0.4) is 0 Å². The molecule has 0 bridgehead atoms. The van der Waals surface area contributed by atoms with Crippen molar-refractivity contribution in [3.8, 4) is 5.75 Å². The summed E-state index contributed by atoms with van der Waals surface area (Å²) in [6.07, 6.45) is 5.75. The predicted molar refractivity (Wildman–Crippen MR) is 109 cm³/mol. The fourth-order valence-electron chi connectivity index (χ4n) is 2.96. The van der Waals surface area contributed by atoms with Gasteiger partial charge in [-0.1, -0.05) is 18.2 Å². The number of benzene rings is 1. The number of allylic oxidation sites excluding steroid dienone is 1. The number of urea groups is 1. The van der Waals surface area contributed by atoms with Crippen molar-refractivity contribution in [2.24, 2.45) is 5.92 Å². The van der Waals surface area contributed by atoms with Crippen molar-refractivity contribution >= 4 is 22.0 Å². The number of nitrogens with one attached hydrogen (secondary N) is 2. The summed E-state index contributed by atoms with van der Waals surface area (Å²) in [5, 5.41) is 2.17. The van der Waals surface area contributed by atoms with Crippen LogP contribution in [0.5, 0.6) is 5.75 Å². The summed E-state index contributed by atoms with van der Waals surface area (Å²) in [4.78, 5) is 23.8. The number of halogens is 1. The van der Waals surface area contributed by atoms with E-state index in [0.29, 0.717) is 18.1 Å². The standard InChI is InChI=1S/C20H26FN3O5S/c1-14(16-7-8-17(21)18(11-16)29-13-15-5-6-15)23-30(27,28)10-4-2-3-9-24-12-19(25)22-20(24)26/h2-3,7-8,11,14-15,23H,4-6,9-10,12-13H2,1H3,(H,22,25,26)/b3-2+. The second-order valence-corrected chi connectivity index (χ2v) is 9.47. The highest BCUT2D eigenvalue weighted by atomic mass is 32.2. The van der Waals surface area contributed by atoms with Crippen molar-refractivity contribution < 1.29 is 27.1 Å². The van der Waals surface area contributed by atoms with Gasteiger partial charge in [-0.2, -0.15) is 0 Å². The van der Waals surface area contributed by atoms with Gasteiger partial charge in [0.1, 0.15) is 6.54 Å². The summed E-state index contributed by atoms with van der Waals surface area (Å²) < 4.78 is 46.7. The normalized spacial score (nSPS) is 18.1. The molecule has 1 aliphatic heterocycles. The minimum Gasteiger partial charge on any atom is -0.490 e. The lowest BCUT2D eigenvalue weighted by atomic mass is 10.1. The van der Waals surface area contributed by atoms with Gasteiger partial charge in [-0.15, -0.1) is 0 Å². The van der Waals surface area contributed by atoms with Crippen LogP contribution in [0.4, 0.5) is 9.18 Å². The van der Waals surface area contributed by atoms with E-state index in [4.69, 9.17) is 4.74 Å². The zero-order valence-electron chi connectivity index (χ0n) is 16.8. The van der Waals surface area contributed by atoms with E-state index in [-0.39, 0.29) is 36.9 Å². The molecule has 164 valence electrons. The minimum atomic E-state index is -3.57. The molecule has 30 heavy (non-hydrogen) atoms. The molecule has 0 aromatic heterocycles. The van der Waals surface area contributed by atoms with E-state index in [0.717, 1.165) is 12.8 Å². The van der Waals surface area contributed by atoms with Gasteiger partial charge in [0.2, 0.25) is 15.9 Å². The van der Waals surface area contributed by atoms with Crippen molar-refractivity contribution in [2.75, 3.05) is 25.4 Å². The highest BCUT2D eigenvalue weighted by molar-refractivity contribution is 7.89. The van der Waals surface area contributed by atoms with E-state index < -0.39 is 27.9 Å². The first-order valence-electron chi connectivity index (χ1n) is 9.89. The van der Waals surface area contributed by atoms with Crippen LogP contribution in [-0.4, -0.2) is 50.7 Å². The fourth-order valence-corrected chi connectivity index (χ4v) is 4.20. The van der Waals surface area contributed by atoms with Gasteiger partial charge in [0.15, 0.2) is 11.6 Å². The molecule has 1 aromatic carbocycles. The lowest BCUT2D eigenvalue weighted by molar-refractivity contribution is -0.118. The Morgan fingerprint density at radius 3 is 2.77 bits per heavy atom. The molecular formula is C20H26FN3O5S. The van der Waals surface area contributed by atoms with Crippen molar-refractivity contribution in [1.82, 2.24) is 14.9 Å². The number of ether oxygens (including phenoxy) is 1. The van der Waals surface area contributed by atoms with Crippen LogP contribution in [0.1, 0.15) is 37.8 Å². The monoisotopic (exact) mass is 439 g/mol. The number of nitrogens with zero attached hydrogens (tertiary/aromatic N) is 1. The Balaban J connectivity index is 1.47. The molecule has 1 saturated carbocycles. The average Bonchev–Trinajstić information content (AvgIpc) is 3.44. The first kappa shape index (κ1) is 22.2. The van der Waals surface area contributed by atoms with E-state index in [1.807, 2.05) is 0 Å². The number of rotatable bonds is 11. The Morgan fingerprint density at radius 1 is 1.33 bits per heavy atom. The summed E-state index contributed by atoms with van der Waals surface area (Å²) >= 11 is 0. The van der Waals surface area contributed by atoms with Crippen molar-refractivity contribution in [3.05, 3.63) is 41.7 Å². The summed E-state index contributed by atoms with van der Waals surface area (Å²) in [6.45, 7) is 2.40. The lowest BCUT2D eigenvalue weighted by Gasteiger charge is -2.16. The Kier molecular flexibility index (Phi) is 7.09. The minimum absolute atomic E-state index is 0.00453. The SMILES string of the molecule is CC(NS(=O)(=O)CC/C=C/CN1CC(=O)NC1=O)c1ccc(F)c(OCC2CC2)c1. The molecule has 1 aromatic rings. The molecule has 1 saturated heterocycles. The molecule has 0 spiro atoms. The number of carbonyl (C=O) groups excluding carboxylic acids is 2. The highest BCUT2D eigenvalue weighted by Crippen LogP contribution is 2.31. The van der Waals surface area contributed by atoms with Crippen LogP contribution in [-0.2, 0) is 14.8 Å². The van der Waals surface area contributed by atoms with E-state index in [1.54, 1.807) is 19.1 Å². The molecule has 1 aliphatic carbocycles. The summed E-state index contributed by atoms with van der Waals surface area (Å²) in [5.41, 5.74) is 0.617. The largest absolute Gasteiger partial charge is 0.490 e. The molecule has 2 aliphatic rings. The van der Waals surface area contributed by atoms with Gasteiger partial charge in [-0.05, 0) is 49.8 Å². The quantitative estimate of drug-likeness (QED) is 0.406. The maximum Gasteiger partial charge on any atom is 0.324 e. The lowest BCUT2D eigenvalue weighted by Crippen LogP contribution is -2.29. The van der Waals surface area contributed by atoms with E-state index in [9.17, 15) is 22.4 Å². The first-order chi connectivity index (χ1) is 14.2. The molecule has 8 nitrogen and oxygen atoms in total. The maximum absolute atomic E-state index is 13.9. The highest BCUT2D eigenvalue weighted by Gasteiger charge is 2.25. The van der Waals surface area contributed by atoms with E-state index in [2.05, 4.69) is 10.0 Å².